The monoisotopic (exact) mass is 528 g/mol. The van der Waals surface area contributed by atoms with Crippen molar-refractivity contribution in [1.82, 2.24) is 10.2 Å². The van der Waals surface area contributed by atoms with E-state index in [0.29, 0.717) is 25.1 Å². The van der Waals surface area contributed by atoms with E-state index in [2.05, 4.69) is 5.32 Å². The summed E-state index contributed by atoms with van der Waals surface area (Å²) in [6.45, 7) is 3.77. The summed E-state index contributed by atoms with van der Waals surface area (Å²) in [6.07, 6.45) is -8.39. The van der Waals surface area contributed by atoms with Crippen LogP contribution in [0.25, 0.3) is 0 Å². The van der Waals surface area contributed by atoms with Crippen molar-refractivity contribution in [2.75, 3.05) is 26.2 Å². The standard InChI is InChI=1S/C27H30F6N2O2/c1-17-4-2-3-5-22(17)23-8-11-35(25(36)19-6-9-34-10-7-19)15-24(23)37-16-18-12-20(26(28,29)30)14-21(13-18)27(31,32)33/h2-5,12-14,19,23-24,34H,6-11,15-16H2,1H3/t23-,24-/m0/s1. The molecule has 2 fully saturated rings. The first-order valence-electron chi connectivity index (χ1n) is 12.4. The van der Waals surface area contributed by atoms with E-state index in [1.165, 1.54) is 0 Å². The lowest BCUT2D eigenvalue weighted by atomic mass is 9.84. The number of ether oxygens (including phenoxy) is 1. The molecule has 2 atom stereocenters. The molecule has 2 aromatic rings. The first kappa shape index (κ1) is 27.4. The van der Waals surface area contributed by atoms with Gasteiger partial charge in [0.2, 0.25) is 5.91 Å². The molecule has 0 saturated carbocycles. The summed E-state index contributed by atoms with van der Waals surface area (Å²) in [7, 11) is 0. The lowest BCUT2D eigenvalue weighted by molar-refractivity contribution is -0.144. The summed E-state index contributed by atoms with van der Waals surface area (Å²) >= 11 is 0. The van der Waals surface area contributed by atoms with Gasteiger partial charge in [0, 0.05) is 24.9 Å². The molecule has 4 nitrogen and oxygen atoms in total. The summed E-state index contributed by atoms with van der Waals surface area (Å²) in [5, 5.41) is 3.23. The average molecular weight is 529 g/mol. The summed E-state index contributed by atoms with van der Waals surface area (Å²) < 4.78 is 86.0. The van der Waals surface area contributed by atoms with Crippen LogP contribution in [-0.2, 0) is 28.5 Å². The van der Waals surface area contributed by atoms with Gasteiger partial charge in [-0.3, -0.25) is 4.79 Å². The second-order valence-corrected chi connectivity index (χ2v) is 9.82. The quantitative estimate of drug-likeness (QED) is 0.489. The Bertz CT molecular complexity index is 1060. The zero-order chi connectivity index (χ0) is 26.8. The van der Waals surface area contributed by atoms with Crippen LogP contribution in [0, 0.1) is 12.8 Å². The zero-order valence-corrected chi connectivity index (χ0v) is 20.5. The van der Waals surface area contributed by atoms with Crippen LogP contribution in [0.2, 0.25) is 0 Å². The highest BCUT2D eigenvalue weighted by molar-refractivity contribution is 5.79. The van der Waals surface area contributed by atoms with Gasteiger partial charge in [-0.2, -0.15) is 26.3 Å². The molecule has 1 amide bonds. The third-order valence-electron chi connectivity index (χ3n) is 7.26. The zero-order valence-electron chi connectivity index (χ0n) is 20.5. The maximum Gasteiger partial charge on any atom is 0.416 e. The molecular formula is C27H30F6N2O2. The van der Waals surface area contributed by atoms with E-state index in [4.69, 9.17) is 4.74 Å². The van der Waals surface area contributed by atoms with E-state index in [1.807, 2.05) is 31.2 Å². The fraction of sp³-hybridized carbons (Fsp3) is 0.519. The minimum atomic E-state index is -4.93. The number of carbonyl (C=O) groups excluding carboxylic acids is 1. The number of rotatable bonds is 5. The van der Waals surface area contributed by atoms with E-state index in [9.17, 15) is 31.1 Å². The highest BCUT2D eigenvalue weighted by Crippen LogP contribution is 2.38. The minimum absolute atomic E-state index is 0.0248. The molecule has 4 rings (SSSR count). The highest BCUT2D eigenvalue weighted by atomic mass is 19.4. The SMILES string of the molecule is Cc1ccccc1[C@@H]1CCN(C(=O)C2CCNCC2)C[C@@H]1OCc1cc(C(F)(F)F)cc(C(F)(F)F)c1. The first-order valence-corrected chi connectivity index (χ1v) is 12.4. The molecule has 202 valence electrons. The second kappa shape index (κ2) is 11.0. The van der Waals surface area contributed by atoms with Crippen LogP contribution in [0.3, 0.4) is 0 Å². The lowest BCUT2D eigenvalue weighted by Crippen LogP contribution is -2.50. The van der Waals surface area contributed by atoms with Crippen LogP contribution in [0.15, 0.2) is 42.5 Å². The van der Waals surface area contributed by atoms with E-state index in [1.54, 1.807) is 4.90 Å². The summed E-state index contributed by atoms with van der Waals surface area (Å²) in [5.41, 5.74) is -0.947. The molecule has 0 radical (unpaired) electrons. The van der Waals surface area contributed by atoms with E-state index < -0.39 is 36.2 Å². The van der Waals surface area contributed by atoms with Gasteiger partial charge in [0.25, 0.3) is 0 Å². The van der Waals surface area contributed by atoms with Gasteiger partial charge in [-0.25, -0.2) is 0 Å². The molecule has 0 aromatic heterocycles. The molecule has 2 aliphatic rings. The number of carbonyl (C=O) groups is 1. The maximum atomic E-state index is 13.3. The smallest absolute Gasteiger partial charge is 0.371 e. The van der Waals surface area contributed by atoms with Crippen molar-refractivity contribution in [3.63, 3.8) is 0 Å². The van der Waals surface area contributed by atoms with Gasteiger partial charge in [-0.1, -0.05) is 24.3 Å². The normalized spacial score (nSPS) is 21.8. The summed E-state index contributed by atoms with van der Waals surface area (Å²) in [4.78, 5) is 14.9. The second-order valence-electron chi connectivity index (χ2n) is 9.82. The Labute approximate surface area is 212 Å². The molecule has 2 heterocycles. The van der Waals surface area contributed by atoms with Crippen LogP contribution >= 0.6 is 0 Å². The van der Waals surface area contributed by atoms with E-state index in [-0.39, 0.29) is 35.9 Å². The van der Waals surface area contributed by atoms with Crippen LogP contribution in [0.4, 0.5) is 26.3 Å². The van der Waals surface area contributed by atoms with Crippen LogP contribution in [0.1, 0.15) is 53.0 Å². The Morgan fingerprint density at radius 1 is 0.973 bits per heavy atom. The number of aryl methyl sites for hydroxylation is 1. The lowest BCUT2D eigenvalue weighted by Gasteiger charge is -2.41. The number of nitrogens with zero attached hydrogens (tertiary/aromatic N) is 1. The van der Waals surface area contributed by atoms with Crippen LogP contribution in [0.5, 0.6) is 0 Å². The van der Waals surface area contributed by atoms with Crippen molar-refractivity contribution in [2.45, 2.75) is 57.2 Å². The Kier molecular flexibility index (Phi) is 8.18. The Morgan fingerprint density at radius 3 is 2.19 bits per heavy atom. The molecule has 37 heavy (non-hydrogen) atoms. The third kappa shape index (κ3) is 6.65. The van der Waals surface area contributed by atoms with Gasteiger partial charge in [0.15, 0.2) is 0 Å². The maximum absolute atomic E-state index is 13.3. The molecule has 1 N–H and O–H groups in total. The largest absolute Gasteiger partial charge is 0.416 e. The number of alkyl halides is 6. The van der Waals surface area contributed by atoms with Crippen molar-refractivity contribution in [3.05, 3.63) is 70.3 Å². The van der Waals surface area contributed by atoms with Crippen molar-refractivity contribution >= 4 is 5.91 Å². The molecule has 2 saturated heterocycles. The molecule has 10 heteroatoms. The molecule has 2 aromatic carbocycles. The molecule has 2 aliphatic heterocycles. The van der Waals surface area contributed by atoms with Gasteiger partial charge in [-0.05, 0) is 74.2 Å². The van der Waals surface area contributed by atoms with Gasteiger partial charge in [0.05, 0.1) is 23.8 Å². The number of piperidine rings is 2. The topological polar surface area (TPSA) is 41.6 Å². The number of nitrogens with one attached hydrogen (secondary N) is 1. The van der Waals surface area contributed by atoms with Crippen molar-refractivity contribution in [2.24, 2.45) is 5.92 Å². The van der Waals surface area contributed by atoms with Gasteiger partial charge in [0.1, 0.15) is 0 Å². The van der Waals surface area contributed by atoms with Crippen LogP contribution < -0.4 is 5.32 Å². The third-order valence-corrected chi connectivity index (χ3v) is 7.26. The van der Waals surface area contributed by atoms with Gasteiger partial charge in [-0.15, -0.1) is 0 Å². The molecule has 0 spiro atoms. The molecule has 0 aliphatic carbocycles. The Hall–Kier alpha value is -2.59. The average Bonchev–Trinajstić information content (AvgIpc) is 2.86. The number of hydrogen-bond acceptors (Lipinski definition) is 3. The minimum Gasteiger partial charge on any atom is -0.371 e. The predicted molar refractivity (Wildman–Crippen MR) is 126 cm³/mol. The number of amides is 1. The Balaban J connectivity index is 1.58. The summed E-state index contributed by atoms with van der Waals surface area (Å²) in [5.74, 6) is -0.224. The van der Waals surface area contributed by atoms with Gasteiger partial charge < -0.3 is 15.0 Å². The fourth-order valence-electron chi connectivity index (χ4n) is 5.28. The van der Waals surface area contributed by atoms with Gasteiger partial charge >= 0.3 is 12.4 Å². The molecular weight excluding hydrogens is 498 g/mol. The number of halogens is 6. The fourth-order valence-corrected chi connectivity index (χ4v) is 5.28. The molecule has 0 bridgehead atoms. The highest BCUT2D eigenvalue weighted by Gasteiger charge is 2.38. The number of hydrogen-bond donors (Lipinski definition) is 1. The number of likely N-dealkylation sites (tertiary alicyclic amines) is 1. The predicted octanol–water partition coefficient (Wildman–Crippen LogP) is 5.93. The van der Waals surface area contributed by atoms with Crippen LogP contribution in [-0.4, -0.2) is 43.1 Å². The van der Waals surface area contributed by atoms with Crippen molar-refractivity contribution < 1.29 is 35.9 Å². The van der Waals surface area contributed by atoms with E-state index in [0.717, 1.165) is 37.1 Å². The number of benzene rings is 2. The first-order chi connectivity index (χ1) is 17.4. The van der Waals surface area contributed by atoms with Crippen molar-refractivity contribution in [3.8, 4) is 0 Å². The summed E-state index contributed by atoms with van der Waals surface area (Å²) in [6, 6.07) is 9.17. The van der Waals surface area contributed by atoms with E-state index >= 15 is 0 Å². The Morgan fingerprint density at radius 2 is 1.59 bits per heavy atom. The molecule has 0 unspecified atom stereocenters. The van der Waals surface area contributed by atoms with Crippen molar-refractivity contribution in [1.29, 1.82) is 0 Å².